The molecule has 1 saturated heterocycles. The van der Waals surface area contributed by atoms with Gasteiger partial charge in [-0.3, -0.25) is 0 Å². The summed E-state index contributed by atoms with van der Waals surface area (Å²) in [4.78, 5) is 12.1. The number of anilines is 2. The highest BCUT2D eigenvalue weighted by atomic mass is 15.3. The number of hydrogen-bond acceptors (Lipinski definition) is 5. The van der Waals surface area contributed by atoms with Crippen molar-refractivity contribution in [2.24, 2.45) is 0 Å². The molecule has 1 aromatic heterocycles. The molecule has 3 heterocycles. The normalized spacial score (nSPS) is 22.5. The van der Waals surface area contributed by atoms with Crippen LogP contribution in [0.1, 0.15) is 36.9 Å². The summed E-state index contributed by atoms with van der Waals surface area (Å²) >= 11 is 0. The zero-order chi connectivity index (χ0) is 13.4. The van der Waals surface area contributed by atoms with E-state index in [0.29, 0.717) is 6.04 Å². The maximum Gasteiger partial charge on any atom is 0.227 e. The Morgan fingerprint density at radius 2 is 1.85 bits per heavy atom. The largest absolute Gasteiger partial charge is 0.367 e. The van der Waals surface area contributed by atoms with Crippen molar-refractivity contribution in [2.45, 2.75) is 44.6 Å². The maximum absolute atomic E-state index is 4.88. The summed E-state index contributed by atoms with van der Waals surface area (Å²) < 4.78 is 0. The minimum atomic E-state index is 0.650. The van der Waals surface area contributed by atoms with Crippen LogP contribution in [-0.2, 0) is 12.8 Å². The molecule has 4 rings (SSSR count). The van der Waals surface area contributed by atoms with E-state index in [9.17, 15) is 0 Å². The van der Waals surface area contributed by atoms with Crippen molar-refractivity contribution in [1.29, 1.82) is 0 Å². The Balaban J connectivity index is 1.70. The molecule has 1 aromatic rings. The summed E-state index contributed by atoms with van der Waals surface area (Å²) in [6, 6.07) is 0.650. The lowest BCUT2D eigenvalue weighted by Crippen LogP contribution is -2.23. The molecule has 2 fully saturated rings. The molecule has 0 unspecified atom stereocenters. The van der Waals surface area contributed by atoms with Gasteiger partial charge in [-0.05, 0) is 38.6 Å². The molecular weight excluding hydrogens is 250 g/mol. The standard InChI is InChI=1S/C15H23N5/c1-2-10-20(9-1)15-18-13-6-8-16-7-5-12(13)14(19-15)17-11-3-4-11/h11,16H,1-10H2,(H,17,18,19). The molecule has 0 amide bonds. The predicted octanol–water partition coefficient (Wildman–Crippen LogP) is 1.34. The van der Waals surface area contributed by atoms with Crippen LogP contribution in [0.3, 0.4) is 0 Å². The molecule has 0 aromatic carbocycles. The predicted molar refractivity (Wildman–Crippen MR) is 80.4 cm³/mol. The minimum absolute atomic E-state index is 0.650. The molecule has 5 heteroatoms. The van der Waals surface area contributed by atoms with Gasteiger partial charge in [-0.2, -0.15) is 4.98 Å². The van der Waals surface area contributed by atoms with Gasteiger partial charge in [-0.25, -0.2) is 4.98 Å². The Morgan fingerprint density at radius 3 is 2.65 bits per heavy atom. The average molecular weight is 273 g/mol. The number of aromatic nitrogens is 2. The van der Waals surface area contributed by atoms with Crippen LogP contribution in [0.15, 0.2) is 0 Å². The van der Waals surface area contributed by atoms with Gasteiger partial charge in [0, 0.05) is 37.7 Å². The third-order valence-corrected chi connectivity index (χ3v) is 4.48. The van der Waals surface area contributed by atoms with Crippen molar-refractivity contribution in [3.63, 3.8) is 0 Å². The molecule has 108 valence electrons. The van der Waals surface area contributed by atoms with Crippen LogP contribution in [0, 0.1) is 0 Å². The Kier molecular flexibility index (Phi) is 3.22. The van der Waals surface area contributed by atoms with Crippen LogP contribution in [0.5, 0.6) is 0 Å². The van der Waals surface area contributed by atoms with Gasteiger partial charge in [-0.1, -0.05) is 0 Å². The van der Waals surface area contributed by atoms with E-state index >= 15 is 0 Å². The molecule has 0 spiro atoms. The minimum Gasteiger partial charge on any atom is -0.367 e. The zero-order valence-electron chi connectivity index (χ0n) is 12.0. The van der Waals surface area contributed by atoms with Crippen molar-refractivity contribution < 1.29 is 0 Å². The number of hydrogen-bond donors (Lipinski definition) is 2. The van der Waals surface area contributed by atoms with E-state index in [4.69, 9.17) is 9.97 Å². The fourth-order valence-electron chi connectivity index (χ4n) is 3.13. The van der Waals surface area contributed by atoms with Crippen LogP contribution < -0.4 is 15.5 Å². The summed E-state index contributed by atoms with van der Waals surface area (Å²) in [5.74, 6) is 2.06. The number of nitrogens with zero attached hydrogens (tertiary/aromatic N) is 3. The van der Waals surface area contributed by atoms with Gasteiger partial charge in [0.1, 0.15) is 5.82 Å². The molecule has 0 radical (unpaired) electrons. The first-order chi connectivity index (χ1) is 9.90. The number of fused-ring (bicyclic) bond motifs is 1. The second kappa shape index (κ2) is 5.20. The second-order valence-corrected chi connectivity index (χ2v) is 6.16. The van der Waals surface area contributed by atoms with Crippen molar-refractivity contribution in [3.05, 3.63) is 11.3 Å². The maximum atomic E-state index is 4.88. The van der Waals surface area contributed by atoms with Crippen LogP contribution >= 0.6 is 0 Å². The van der Waals surface area contributed by atoms with E-state index in [0.717, 1.165) is 50.8 Å². The van der Waals surface area contributed by atoms with E-state index in [1.165, 1.54) is 36.9 Å². The van der Waals surface area contributed by atoms with Gasteiger partial charge in [0.2, 0.25) is 5.95 Å². The lowest BCUT2D eigenvalue weighted by molar-refractivity contribution is 0.708. The fourth-order valence-corrected chi connectivity index (χ4v) is 3.13. The van der Waals surface area contributed by atoms with Crippen LogP contribution in [0.4, 0.5) is 11.8 Å². The summed E-state index contributed by atoms with van der Waals surface area (Å²) in [6.45, 7) is 4.30. The van der Waals surface area contributed by atoms with Crippen molar-refractivity contribution in [3.8, 4) is 0 Å². The Morgan fingerprint density at radius 1 is 1.05 bits per heavy atom. The summed E-state index contributed by atoms with van der Waals surface area (Å²) in [6.07, 6.45) is 7.19. The van der Waals surface area contributed by atoms with E-state index in [2.05, 4.69) is 15.5 Å². The molecule has 5 nitrogen and oxygen atoms in total. The lowest BCUT2D eigenvalue weighted by atomic mass is 10.1. The lowest BCUT2D eigenvalue weighted by Gasteiger charge is -2.20. The van der Waals surface area contributed by atoms with Gasteiger partial charge in [-0.15, -0.1) is 0 Å². The van der Waals surface area contributed by atoms with Crippen LogP contribution in [0.25, 0.3) is 0 Å². The van der Waals surface area contributed by atoms with E-state index < -0.39 is 0 Å². The molecule has 20 heavy (non-hydrogen) atoms. The van der Waals surface area contributed by atoms with Crippen molar-refractivity contribution in [2.75, 3.05) is 36.4 Å². The van der Waals surface area contributed by atoms with Crippen LogP contribution in [0.2, 0.25) is 0 Å². The topological polar surface area (TPSA) is 53.1 Å². The first-order valence-corrected chi connectivity index (χ1v) is 8.02. The smallest absolute Gasteiger partial charge is 0.227 e. The number of rotatable bonds is 3. The molecule has 1 aliphatic carbocycles. The highest BCUT2D eigenvalue weighted by Crippen LogP contribution is 2.29. The number of nitrogens with one attached hydrogen (secondary N) is 2. The average Bonchev–Trinajstić information content (AvgIpc) is 3.16. The van der Waals surface area contributed by atoms with Gasteiger partial charge >= 0.3 is 0 Å². The Bertz CT molecular complexity index is 491. The van der Waals surface area contributed by atoms with Crippen molar-refractivity contribution in [1.82, 2.24) is 15.3 Å². The molecule has 2 N–H and O–H groups in total. The molecule has 3 aliphatic rings. The van der Waals surface area contributed by atoms with Gasteiger partial charge in [0.05, 0.1) is 5.69 Å². The first kappa shape index (κ1) is 12.4. The summed E-state index contributed by atoms with van der Waals surface area (Å²) in [7, 11) is 0. The van der Waals surface area contributed by atoms with Crippen molar-refractivity contribution >= 4 is 11.8 Å². The molecule has 1 saturated carbocycles. The molecule has 2 aliphatic heterocycles. The van der Waals surface area contributed by atoms with Gasteiger partial charge < -0.3 is 15.5 Å². The monoisotopic (exact) mass is 273 g/mol. The molecule has 0 bridgehead atoms. The quantitative estimate of drug-likeness (QED) is 0.870. The second-order valence-electron chi connectivity index (χ2n) is 6.16. The van der Waals surface area contributed by atoms with Gasteiger partial charge in [0.25, 0.3) is 0 Å². The molecular formula is C15H23N5. The Hall–Kier alpha value is -1.36. The van der Waals surface area contributed by atoms with E-state index in [-0.39, 0.29) is 0 Å². The highest BCUT2D eigenvalue weighted by molar-refractivity contribution is 5.53. The van der Waals surface area contributed by atoms with Gasteiger partial charge in [0.15, 0.2) is 0 Å². The first-order valence-electron chi connectivity index (χ1n) is 8.02. The summed E-state index contributed by atoms with van der Waals surface area (Å²) in [5.41, 5.74) is 2.61. The summed E-state index contributed by atoms with van der Waals surface area (Å²) in [5, 5.41) is 7.10. The van der Waals surface area contributed by atoms with E-state index in [1.807, 2.05) is 0 Å². The third-order valence-electron chi connectivity index (χ3n) is 4.48. The fraction of sp³-hybridized carbons (Fsp3) is 0.733. The third kappa shape index (κ3) is 2.46. The van der Waals surface area contributed by atoms with Crippen LogP contribution in [-0.4, -0.2) is 42.2 Å². The zero-order valence-corrected chi connectivity index (χ0v) is 12.0. The Labute approximate surface area is 120 Å². The highest BCUT2D eigenvalue weighted by Gasteiger charge is 2.26. The molecule has 0 atom stereocenters. The van der Waals surface area contributed by atoms with E-state index in [1.54, 1.807) is 0 Å². The SMILES string of the molecule is C1CCN(c2nc3c(c(NC4CC4)n2)CCNCC3)C1.